The minimum Gasteiger partial charge on any atom is -0.332 e. The predicted octanol–water partition coefficient (Wildman–Crippen LogP) is 3.08. The zero-order valence-corrected chi connectivity index (χ0v) is 15.4. The molecule has 0 aromatic heterocycles. The summed E-state index contributed by atoms with van der Waals surface area (Å²) >= 11 is 10.0. The average Bonchev–Trinajstić information content (AvgIpc) is 2.55. The molecule has 2 saturated heterocycles. The van der Waals surface area contributed by atoms with Crippen LogP contribution in [0.25, 0.3) is 0 Å². The molecule has 0 aliphatic carbocycles. The summed E-state index contributed by atoms with van der Waals surface area (Å²) in [6.45, 7) is 2.40. The maximum atomic E-state index is 12.9. The highest BCUT2D eigenvalue weighted by atomic mass is 35.5. The van der Waals surface area contributed by atoms with E-state index in [9.17, 15) is 4.79 Å². The van der Waals surface area contributed by atoms with E-state index in [0.29, 0.717) is 0 Å². The van der Waals surface area contributed by atoms with Crippen molar-refractivity contribution in [2.45, 2.75) is 11.3 Å². The van der Waals surface area contributed by atoms with E-state index < -0.39 is 0 Å². The number of piperazine rings is 1. The lowest BCUT2D eigenvalue weighted by molar-refractivity contribution is -0.133. The summed E-state index contributed by atoms with van der Waals surface area (Å²) in [6, 6.07) is 7.90. The number of nitrogens with zero attached hydrogens (tertiary/aromatic N) is 1. The van der Waals surface area contributed by atoms with Gasteiger partial charge in [0, 0.05) is 41.9 Å². The van der Waals surface area contributed by atoms with Crippen LogP contribution in [0.4, 0.5) is 0 Å². The number of carbonyl (C=O) groups excluding carboxylic acids is 1. The number of thioether (sulfide) groups is 2. The molecule has 1 aromatic carbocycles. The lowest BCUT2D eigenvalue weighted by Gasteiger charge is -2.39. The standard InChI is InChI=1S/C15H19ClN2OS2.ClH/c16-12-4-2-1-3-11(12)13-9-17-5-6-18(13)15(19)14-10-20-7-8-21-14;/h1-4,13-14,17H,5-10H2;1H. The second kappa shape index (κ2) is 8.69. The molecule has 2 atom stereocenters. The van der Waals surface area contributed by atoms with Crippen LogP contribution in [0.1, 0.15) is 11.6 Å². The molecule has 122 valence electrons. The summed E-state index contributed by atoms with van der Waals surface area (Å²) in [5.41, 5.74) is 1.05. The Balaban J connectivity index is 0.00000176. The van der Waals surface area contributed by atoms with Gasteiger partial charge in [0.2, 0.25) is 5.91 Å². The largest absolute Gasteiger partial charge is 0.332 e. The van der Waals surface area contributed by atoms with E-state index in [2.05, 4.69) is 5.32 Å². The normalized spacial score (nSPS) is 25.4. The average molecular weight is 379 g/mol. The fourth-order valence-electron chi connectivity index (χ4n) is 2.81. The van der Waals surface area contributed by atoms with E-state index in [0.717, 1.165) is 47.5 Å². The van der Waals surface area contributed by atoms with E-state index in [4.69, 9.17) is 11.6 Å². The lowest BCUT2D eigenvalue weighted by atomic mass is 10.0. The summed E-state index contributed by atoms with van der Waals surface area (Å²) in [4.78, 5) is 14.9. The van der Waals surface area contributed by atoms with Crippen LogP contribution in [0, 0.1) is 0 Å². The number of hydrogen-bond acceptors (Lipinski definition) is 4. The van der Waals surface area contributed by atoms with Crippen molar-refractivity contribution in [1.29, 1.82) is 0 Å². The second-order valence-electron chi connectivity index (χ2n) is 5.21. The summed E-state index contributed by atoms with van der Waals surface area (Å²) in [5.74, 6) is 3.44. The fourth-order valence-corrected chi connectivity index (χ4v) is 5.68. The van der Waals surface area contributed by atoms with Crippen LogP contribution in [-0.4, -0.2) is 52.9 Å². The van der Waals surface area contributed by atoms with Gasteiger partial charge in [0.05, 0.1) is 11.3 Å². The van der Waals surface area contributed by atoms with Gasteiger partial charge in [0.25, 0.3) is 0 Å². The quantitative estimate of drug-likeness (QED) is 0.856. The summed E-state index contributed by atoms with van der Waals surface area (Å²) in [7, 11) is 0. The molecule has 1 aromatic rings. The molecule has 3 rings (SSSR count). The molecule has 1 amide bonds. The Morgan fingerprint density at radius 3 is 2.86 bits per heavy atom. The number of benzene rings is 1. The molecule has 7 heteroatoms. The van der Waals surface area contributed by atoms with Gasteiger partial charge < -0.3 is 10.2 Å². The van der Waals surface area contributed by atoms with Crippen LogP contribution in [-0.2, 0) is 4.79 Å². The molecular weight excluding hydrogens is 359 g/mol. The first kappa shape index (κ1) is 18.3. The van der Waals surface area contributed by atoms with Crippen molar-refractivity contribution in [2.24, 2.45) is 0 Å². The molecule has 1 N–H and O–H groups in total. The minimum absolute atomic E-state index is 0. The van der Waals surface area contributed by atoms with E-state index in [-0.39, 0.29) is 29.6 Å². The molecule has 0 radical (unpaired) electrons. The lowest BCUT2D eigenvalue weighted by Crippen LogP contribution is -2.52. The van der Waals surface area contributed by atoms with Crippen molar-refractivity contribution in [2.75, 3.05) is 36.9 Å². The van der Waals surface area contributed by atoms with E-state index in [1.54, 1.807) is 11.8 Å². The number of rotatable bonds is 2. The smallest absolute Gasteiger partial charge is 0.237 e. The monoisotopic (exact) mass is 378 g/mol. The number of nitrogens with one attached hydrogen (secondary N) is 1. The summed E-state index contributed by atoms with van der Waals surface area (Å²) in [5, 5.41) is 4.23. The van der Waals surface area contributed by atoms with Crippen molar-refractivity contribution in [3.05, 3.63) is 34.9 Å². The highest BCUT2D eigenvalue weighted by Gasteiger charge is 2.34. The highest BCUT2D eigenvalue weighted by molar-refractivity contribution is 8.07. The van der Waals surface area contributed by atoms with Gasteiger partial charge in [-0.05, 0) is 11.6 Å². The van der Waals surface area contributed by atoms with Gasteiger partial charge in [-0.2, -0.15) is 11.8 Å². The van der Waals surface area contributed by atoms with Crippen molar-refractivity contribution in [1.82, 2.24) is 10.2 Å². The van der Waals surface area contributed by atoms with Gasteiger partial charge in [0.15, 0.2) is 0 Å². The van der Waals surface area contributed by atoms with Gasteiger partial charge >= 0.3 is 0 Å². The van der Waals surface area contributed by atoms with Crippen LogP contribution >= 0.6 is 47.5 Å². The molecular formula is C15H20Cl2N2OS2. The molecule has 2 aliphatic heterocycles. The minimum atomic E-state index is 0. The highest BCUT2D eigenvalue weighted by Crippen LogP contribution is 2.32. The maximum absolute atomic E-state index is 12.9. The van der Waals surface area contributed by atoms with Gasteiger partial charge in [-0.3, -0.25) is 4.79 Å². The van der Waals surface area contributed by atoms with E-state index in [1.807, 2.05) is 40.9 Å². The van der Waals surface area contributed by atoms with Crippen LogP contribution < -0.4 is 5.32 Å². The Morgan fingerprint density at radius 2 is 2.14 bits per heavy atom. The topological polar surface area (TPSA) is 32.3 Å². The van der Waals surface area contributed by atoms with Crippen LogP contribution in [0.3, 0.4) is 0 Å². The SMILES string of the molecule is Cl.O=C(C1CSCCS1)N1CCNCC1c1ccccc1Cl. The molecule has 2 fully saturated rings. The Bertz CT molecular complexity index is 512. The molecule has 0 bridgehead atoms. The first-order chi connectivity index (χ1) is 10.3. The molecule has 2 heterocycles. The molecule has 2 aliphatic rings. The fraction of sp³-hybridized carbons (Fsp3) is 0.533. The van der Waals surface area contributed by atoms with Crippen molar-refractivity contribution < 1.29 is 4.79 Å². The first-order valence-electron chi connectivity index (χ1n) is 7.22. The van der Waals surface area contributed by atoms with Gasteiger partial charge in [-0.25, -0.2) is 0 Å². The van der Waals surface area contributed by atoms with Crippen LogP contribution in [0.5, 0.6) is 0 Å². The third-order valence-corrected chi connectivity index (χ3v) is 6.97. The van der Waals surface area contributed by atoms with Crippen molar-refractivity contribution in [3.8, 4) is 0 Å². The van der Waals surface area contributed by atoms with Gasteiger partial charge in [-0.1, -0.05) is 29.8 Å². The number of halogens is 2. The predicted molar refractivity (Wildman–Crippen MR) is 99.6 cm³/mol. The zero-order valence-electron chi connectivity index (χ0n) is 12.2. The number of hydrogen-bond donors (Lipinski definition) is 1. The maximum Gasteiger partial charge on any atom is 0.237 e. The molecule has 0 spiro atoms. The summed E-state index contributed by atoms with van der Waals surface area (Å²) < 4.78 is 0. The third-order valence-electron chi connectivity index (χ3n) is 3.88. The second-order valence-corrected chi connectivity index (χ2v) is 8.08. The van der Waals surface area contributed by atoms with Gasteiger partial charge in [-0.15, -0.1) is 24.2 Å². The Hall–Kier alpha value is -0.0700. The van der Waals surface area contributed by atoms with Gasteiger partial charge in [0.1, 0.15) is 0 Å². The number of carbonyl (C=O) groups is 1. The Kier molecular flexibility index (Phi) is 7.22. The van der Waals surface area contributed by atoms with E-state index in [1.165, 1.54) is 0 Å². The molecule has 3 nitrogen and oxygen atoms in total. The summed E-state index contributed by atoms with van der Waals surface area (Å²) in [6.07, 6.45) is 0. The zero-order chi connectivity index (χ0) is 14.7. The van der Waals surface area contributed by atoms with E-state index >= 15 is 0 Å². The molecule has 0 saturated carbocycles. The Morgan fingerprint density at radius 1 is 1.32 bits per heavy atom. The van der Waals surface area contributed by atoms with Crippen molar-refractivity contribution >= 4 is 53.4 Å². The molecule has 22 heavy (non-hydrogen) atoms. The Labute approximate surface area is 151 Å². The van der Waals surface area contributed by atoms with Crippen molar-refractivity contribution in [3.63, 3.8) is 0 Å². The number of amides is 1. The van der Waals surface area contributed by atoms with Crippen LogP contribution in [0.2, 0.25) is 5.02 Å². The third kappa shape index (κ3) is 4.06. The molecule has 2 unspecified atom stereocenters. The van der Waals surface area contributed by atoms with Crippen LogP contribution in [0.15, 0.2) is 24.3 Å². The first-order valence-corrected chi connectivity index (χ1v) is 9.80.